The van der Waals surface area contributed by atoms with Crippen molar-refractivity contribution >= 4 is 45.3 Å². The number of rotatable bonds is 4. The van der Waals surface area contributed by atoms with E-state index in [1.165, 1.54) is 23.5 Å². The molecule has 2 heterocycles. The number of nitrogens with two attached hydrogens (primary N) is 1. The maximum absolute atomic E-state index is 13.7. The number of hydrogen-bond donors (Lipinski definition) is 2. The minimum absolute atomic E-state index is 0.0647. The van der Waals surface area contributed by atoms with Crippen LogP contribution < -0.4 is 16.6 Å². The summed E-state index contributed by atoms with van der Waals surface area (Å²) < 4.78 is 15.6. The van der Waals surface area contributed by atoms with Gasteiger partial charge >= 0.3 is 0 Å². The molecule has 0 aliphatic rings. The zero-order chi connectivity index (χ0) is 18.8. The first-order valence-electron chi connectivity index (χ1n) is 7.69. The molecule has 6 nitrogen and oxygen atoms in total. The Kier molecular flexibility index (Phi) is 5.10. The Hall–Kier alpha value is -2.65. The molecule has 0 spiro atoms. The van der Waals surface area contributed by atoms with Crippen molar-refractivity contribution in [2.75, 3.05) is 0 Å². The predicted molar refractivity (Wildman–Crippen MR) is 107 cm³/mol. The molecule has 26 heavy (non-hydrogen) atoms. The molecular weight excluding hydrogens is 373 g/mol. The molecule has 0 radical (unpaired) electrons. The van der Waals surface area contributed by atoms with Gasteiger partial charge in [0, 0.05) is 17.0 Å². The molecule has 2 aromatic heterocycles. The molecule has 0 aliphatic carbocycles. The monoisotopic (exact) mass is 389 g/mol. The van der Waals surface area contributed by atoms with Crippen LogP contribution in [0.15, 0.2) is 39.7 Å². The van der Waals surface area contributed by atoms with Crippen LogP contribution in [0.4, 0.5) is 4.39 Å². The van der Waals surface area contributed by atoms with Gasteiger partial charge in [-0.25, -0.2) is 9.37 Å². The van der Waals surface area contributed by atoms with Gasteiger partial charge in [0.15, 0.2) is 10.5 Å². The van der Waals surface area contributed by atoms with Crippen molar-refractivity contribution in [2.45, 2.75) is 20.4 Å². The molecule has 0 unspecified atom stereocenters. The number of aromatic nitrogens is 2. The van der Waals surface area contributed by atoms with Crippen LogP contribution in [-0.4, -0.2) is 20.4 Å². The van der Waals surface area contributed by atoms with E-state index in [1.54, 1.807) is 19.2 Å². The summed E-state index contributed by atoms with van der Waals surface area (Å²) in [6.07, 6.45) is 1.72. The fourth-order valence-corrected chi connectivity index (χ4v) is 3.26. The molecule has 3 N–H and O–H groups in total. The number of hydrazone groups is 1. The number of fused-ring (bicyclic) bond motifs is 1. The number of pyridine rings is 1. The smallest absolute Gasteiger partial charge is 0.198 e. The lowest BCUT2D eigenvalue weighted by Gasteiger charge is -2.13. The van der Waals surface area contributed by atoms with E-state index in [0.29, 0.717) is 34.4 Å². The lowest BCUT2D eigenvalue weighted by molar-refractivity contribution is 0.629. The Labute approximate surface area is 158 Å². The van der Waals surface area contributed by atoms with Crippen molar-refractivity contribution in [2.24, 2.45) is 10.8 Å². The van der Waals surface area contributed by atoms with Gasteiger partial charge in [0.05, 0.1) is 34.0 Å². The van der Waals surface area contributed by atoms with Gasteiger partial charge in [0.25, 0.3) is 0 Å². The van der Waals surface area contributed by atoms with Crippen molar-refractivity contribution in [1.29, 1.82) is 0 Å². The number of nitrogens with zero attached hydrogens (tertiary/aromatic N) is 3. The van der Waals surface area contributed by atoms with E-state index in [4.69, 9.17) is 18.0 Å². The van der Waals surface area contributed by atoms with Crippen LogP contribution in [0.25, 0.3) is 22.2 Å². The van der Waals surface area contributed by atoms with Crippen LogP contribution in [0.3, 0.4) is 0 Å². The molecule has 0 saturated heterocycles. The average molecular weight is 389 g/mol. The first kappa shape index (κ1) is 18.2. The molecule has 0 aliphatic heterocycles. The third-order valence-electron chi connectivity index (χ3n) is 3.69. The first-order valence-corrected chi connectivity index (χ1v) is 8.98. The van der Waals surface area contributed by atoms with E-state index in [0.717, 1.165) is 5.01 Å². The number of thiazole rings is 1. The van der Waals surface area contributed by atoms with Crippen molar-refractivity contribution in [3.63, 3.8) is 0 Å². The third kappa shape index (κ3) is 3.78. The van der Waals surface area contributed by atoms with Crippen LogP contribution in [0.2, 0.25) is 0 Å². The summed E-state index contributed by atoms with van der Waals surface area (Å²) in [5.74, 6) is -0.465. The molecule has 3 rings (SSSR count). The van der Waals surface area contributed by atoms with Crippen LogP contribution in [0.1, 0.15) is 11.9 Å². The highest BCUT2D eigenvalue weighted by Crippen LogP contribution is 2.22. The molecule has 0 amide bonds. The summed E-state index contributed by atoms with van der Waals surface area (Å²) in [6.45, 7) is 4.03. The minimum atomic E-state index is -0.465. The number of nitrogens with one attached hydrogen (secondary N) is 1. The first-order chi connectivity index (χ1) is 12.3. The number of hydrogen-bond acceptors (Lipinski definition) is 5. The van der Waals surface area contributed by atoms with Gasteiger partial charge in [-0.2, -0.15) is 5.10 Å². The third-order valence-corrected chi connectivity index (χ3v) is 4.56. The zero-order valence-corrected chi connectivity index (χ0v) is 15.7. The Morgan fingerprint density at radius 1 is 1.50 bits per heavy atom. The van der Waals surface area contributed by atoms with Crippen LogP contribution in [-0.2, 0) is 6.54 Å². The highest BCUT2D eigenvalue weighted by molar-refractivity contribution is 7.80. The summed E-state index contributed by atoms with van der Waals surface area (Å²) in [4.78, 5) is 17.2. The maximum atomic E-state index is 13.7. The molecule has 0 fully saturated rings. The second-order valence-corrected chi connectivity index (χ2v) is 7.24. The summed E-state index contributed by atoms with van der Waals surface area (Å²) in [5.41, 5.74) is 9.95. The summed E-state index contributed by atoms with van der Waals surface area (Å²) >= 11 is 6.19. The maximum Gasteiger partial charge on any atom is 0.198 e. The SMILES string of the molecule is C/C(Cn1cc(-c2csc(C)n2)c(=O)c2cc(F)ccc21)=N\NC(N)=S. The summed E-state index contributed by atoms with van der Waals surface area (Å²) in [5, 5.41) is 7.11. The zero-order valence-electron chi connectivity index (χ0n) is 14.1. The summed E-state index contributed by atoms with van der Waals surface area (Å²) in [7, 11) is 0. The van der Waals surface area contributed by atoms with E-state index in [-0.39, 0.29) is 10.5 Å². The van der Waals surface area contributed by atoms with Gasteiger partial charge in [-0.05, 0) is 44.3 Å². The molecular formula is C17H16FN5OS2. The van der Waals surface area contributed by atoms with E-state index < -0.39 is 5.82 Å². The van der Waals surface area contributed by atoms with Gasteiger partial charge in [0.2, 0.25) is 0 Å². The Bertz CT molecular complexity index is 1090. The van der Waals surface area contributed by atoms with E-state index in [1.807, 2.05) is 16.9 Å². The van der Waals surface area contributed by atoms with Crippen molar-refractivity contribution in [1.82, 2.24) is 15.0 Å². The number of benzene rings is 1. The van der Waals surface area contributed by atoms with Gasteiger partial charge in [0.1, 0.15) is 5.82 Å². The van der Waals surface area contributed by atoms with Gasteiger partial charge in [-0.3, -0.25) is 10.2 Å². The van der Waals surface area contributed by atoms with Gasteiger partial charge in [-0.1, -0.05) is 0 Å². The fraction of sp³-hybridized carbons (Fsp3) is 0.176. The highest BCUT2D eigenvalue weighted by Gasteiger charge is 2.14. The van der Waals surface area contributed by atoms with Crippen LogP contribution >= 0.6 is 23.6 Å². The summed E-state index contributed by atoms with van der Waals surface area (Å²) in [6, 6.07) is 4.15. The second kappa shape index (κ2) is 7.30. The number of thiocarbonyl (C=S) groups is 1. The molecule has 9 heteroatoms. The minimum Gasteiger partial charge on any atom is -0.375 e. The Balaban J connectivity index is 2.18. The molecule has 3 aromatic rings. The van der Waals surface area contributed by atoms with E-state index in [2.05, 4.69) is 15.5 Å². The molecule has 0 saturated carbocycles. The Morgan fingerprint density at radius 2 is 2.27 bits per heavy atom. The quantitative estimate of drug-likeness (QED) is 0.407. The predicted octanol–water partition coefficient (Wildman–Crippen LogP) is 2.78. The topological polar surface area (TPSA) is 85.3 Å². The lowest BCUT2D eigenvalue weighted by Crippen LogP contribution is -2.26. The second-order valence-electron chi connectivity index (χ2n) is 5.74. The van der Waals surface area contributed by atoms with Crippen molar-refractivity contribution in [3.8, 4) is 11.3 Å². The van der Waals surface area contributed by atoms with Crippen molar-refractivity contribution in [3.05, 3.63) is 50.8 Å². The van der Waals surface area contributed by atoms with Crippen LogP contribution in [0.5, 0.6) is 0 Å². The number of aryl methyl sites for hydroxylation is 1. The van der Waals surface area contributed by atoms with Gasteiger partial charge in [-0.15, -0.1) is 11.3 Å². The average Bonchev–Trinajstić information content (AvgIpc) is 3.01. The van der Waals surface area contributed by atoms with E-state index in [9.17, 15) is 9.18 Å². The fourth-order valence-electron chi connectivity index (χ4n) is 2.60. The highest BCUT2D eigenvalue weighted by atomic mass is 32.1. The molecule has 1 aromatic carbocycles. The largest absolute Gasteiger partial charge is 0.375 e. The number of halogens is 1. The normalized spacial score (nSPS) is 11.7. The van der Waals surface area contributed by atoms with Crippen molar-refractivity contribution < 1.29 is 4.39 Å². The van der Waals surface area contributed by atoms with E-state index >= 15 is 0 Å². The molecule has 134 valence electrons. The van der Waals surface area contributed by atoms with Gasteiger partial charge < -0.3 is 10.3 Å². The lowest BCUT2D eigenvalue weighted by atomic mass is 10.1. The van der Waals surface area contributed by atoms with Crippen LogP contribution in [0, 0.1) is 12.7 Å². The Morgan fingerprint density at radius 3 is 2.92 bits per heavy atom. The molecule has 0 bridgehead atoms. The standard InChI is InChI=1S/C17H16FN5OS2/c1-9(21-22-17(19)25)6-23-7-13(14-8-26-10(2)20-14)16(24)12-5-11(18)3-4-15(12)23/h3-5,7-8H,6H2,1-2H3,(H3,19,22,25)/b21-9+. The molecule has 0 atom stereocenters.